The lowest BCUT2D eigenvalue weighted by Crippen LogP contribution is -2.35. The molecule has 2 unspecified atom stereocenters. The van der Waals surface area contributed by atoms with Crippen molar-refractivity contribution < 1.29 is 18.6 Å². The predicted octanol–water partition coefficient (Wildman–Crippen LogP) is 0.200. The van der Waals surface area contributed by atoms with Gasteiger partial charge in [-0.25, -0.2) is 13.6 Å². The van der Waals surface area contributed by atoms with E-state index in [-0.39, 0.29) is 5.82 Å². The summed E-state index contributed by atoms with van der Waals surface area (Å²) >= 11 is 0. The van der Waals surface area contributed by atoms with Gasteiger partial charge in [-0.05, 0) is 6.07 Å². The number of nitrogens with one attached hydrogen (secondary N) is 1. The minimum Gasteiger partial charge on any atom is -0.394 e. The molecule has 1 saturated heterocycles. The lowest BCUT2D eigenvalue weighted by Gasteiger charge is -2.19. The first-order valence-electron chi connectivity index (χ1n) is 5.39. The van der Waals surface area contributed by atoms with Gasteiger partial charge < -0.3 is 15.2 Å². The number of halogens is 2. The fraction of sp³-hybridized carbons (Fsp3) is 0.600. The van der Waals surface area contributed by atoms with Gasteiger partial charge in [-0.3, -0.25) is 4.57 Å². The molecule has 1 aromatic rings. The van der Waals surface area contributed by atoms with Gasteiger partial charge in [0.25, 0.3) is 5.92 Å². The van der Waals surface area contributed by atoms with Crippen LogP contribution < -0.4 is 11.0 Å². The number of aliphatic hydroxyl groups is 1. The van der Waals surface area contributed by atoms with Crippen molar-refractivity contribution in [1.29, 1.82) is 0 Å². The number of rotatable bonds is 3. The zero-order valence-electron chi connectivity index (χ0n) is 9.64. The summed E-state index contributed by atoms with van der Waals surface area (Å²) in [7, 11) is 1.56. The van der Waals surface area contributed by atoms with Crippen LogP contribution >= 0.6 is 0 Å². The molecule has 2 atom stereocenters. The van der Waals surface area contributed by atoms with Crippen LogP contribution in [0.25, 0.3) is 0 Å². The summed E-state index contributed by atoms with van der Waals surface area (Å²) in [5.41, 5.74) is -0.829. The van der Waals surface area contributed by atoms with E-state index in [4.69, 9.17) is 9.84 Å². The third-order valence-corrected chi connectivity index (χ3v) is 2.72. The van der Waals surface area contributed by atoms with Crippen molar-refractivity contribution in [3.8, 4) is 0 Å². The second-order valence-corrected chi connectivity index (χ2v) is 4.01. The van der Waals surface area contributed by atoms with Gasteiger partial charge in [0.15, 0.2) is 0 Å². The lowest BCUT2D eigenvalue weighted by molar-refractivity contribution is -0.120. The number of nitrogens with zero attached hydrogens (tertiary/aromatic N) is 2. The maximum atomic E-state index is 13.7. The summed E-state index contributed by atoms with van der Waals surface area (Å²) in [6.07, 6.45) is -2.12. The average Bonchev–Trinajstić information content (AvgIpc) is 2.64. The molecule has 6 nitrogen and oxygen atoms in total. The van der Waals surface area contributed by atoms with Gasteiger partial charge in [0.05, 0.1) is 12.7 Å². The van der Waals surface area contributed by atoms with Gasteiger partial charge in [-0.1, -0.05) is 0 Å². The zero-order chi connectivity index (χ0) is 13.3. The zero-order valence-corrected chi connectivity index (χ0v) is 9.64. The van der Waals surface area contributed by atoms with E-state index < -0.39 is 37.0 Å². The van der Waals surface area contributed by atoms with E-state index in [0.29, 0.717) is 0 Å². The summed E-state index contributed by atoms with van der Waals surface area (Å²) in [6.45, 7) is -0.511. The minimum absolute atomic E-state index is 0.288. The predicted molar refractivity (Wildman–Crippen MR) is 58.6 cm³/mol. The third kappa shape index (κ3) is 2.21. The number of aromatic nitrogens is 2. The van der Waals surface area contributed by atoms with E-state index in [1.54, 1.807) is 7.05 Å². The Labute approximate surface area is 101 Å². The number of hydrogen-bond donors (Lipinski definition) is 2. The van der Waals surface area contributed by atoms with Crippen LogP contribution in [0.1, 0.15) is 12.6 Å². The fourth-order valence-electron chi connectivity index (χ4n) is 1.84. The maximum absolute atomic E-state index is 13.7. The highest BCUT2D eigenvalue weighted by Crippen LogP contribution is 2.41. The van der Waals surface area contributed by atoms with Crippen LogP contribution in [-0.4, -0.2) is 40.3 Å². The first-order chi connectivity index (χ1) is 8.47. The van der Waals surface area contributed by atoms with Crippen LogP contribution in [0.3, 0.4) is 0 Å². The minimum atomic E-state index is -3.21. The van der Waals surface area contributed by atoms with E-state index >= 15 is 0 Å². The van der Waals surface area contributed by atoms with E-state index in [2.05, 4.69) is 10.3 Å². The van der Waals surface area contributed by atoms with Crippen LogP contribution in [0.4, 0.5) is 14.6 Å². The molecule has 0 radical (unpaired) electrons. The molecule has 0 aliphatic carbocycles. The first kappa shape index (κ1) is 12.9. The number of alkyl halides is 2. The molecule has 8 heteroatoms. The topological polar surface area (TPSA) is 76.4 Å². The number of ether oxygens (including phenoxy) is 1. The highest BCUT2D eigenvalue weighted by Gasteiger charge is 2.51. The Morgan fingerprint density at radius 2 is 2.44 bits per heavy atom. The smallest absolute Gasteiger partial charge is 0.351 e. The molecule has 18 heavy (non-hydrogen) atoms. The highest BCUT2D eigenvalue weighted by atomic mass is 19.3. The molecular formula is C10H13F2N3O3. The molecule has 2 rings (SSSR count). The summed E-state index contributed by atoms with van der Waals surface area (Å²) in [6, 6.07) is 1.40. The Kier molecular flexibility index (Phi) is 3.31. The van der Waals surface area contributed by atoms with Crippen molar-refractivity contribution in [3.05, 3.63) is 22.7 Å². The third-order valence-electron chi connectivity index (χ3n) is 2.72. The Morgan fingerprint density at radius 3 is 2.94 bits per heavy atom. The summed E-state index contributed by atoms with van der Waals surface area (Å²) in [5.74, 6) is -2.92. The second kappa shape index (κ2) is 4.62. The van der Waals surface area contributed by atoms with Crippen LogP contribution in [0.5, 0.6) is 0 Å². The molecule has 2 N–H and O–H groups in total. The molecule has 1 aromatic heterocycles. The molecule has 1 fully saturated rings. The van der Waals surface area contributed by atoms with Gasteiger partial charge >= 0.3 is 5.69 Å². The first-order valence-corrected chi connectivity index (χ1v) is 5.39. The van der Waals surface area contributed by atoms with E-state index in [0.717, 1.165) is 4.57 Å². The fourth-order valence-corrected chi connectivity index (χ4v) is 1.84. The van der Waals surface area contributed by atoms with Gasteiger partial charge in [0.1, 0.15) is 5.82 Å². The molecule has 1 aliphatic heterocycles. The Balaban J connectivity index is 2.34. The van der Waals surface area contributed by atoms with Crippen LogP contribution in [-0.2, 0) is 4.74 Å². The molecule has 0 saturated carbocycles. The van der Waals surface area contributed by atoms with Crippen LogP contribution in [0, 0.1) is 0 Å². The van der Waals surface area contributed by atoms with E-state index in [1.807, 2.05) is 0 Å². The second-order valence-electron chi connectivity index (χ2n) is 4.01. The lowest BCUT2D eigenvalue weighted by atomic mass is 10.2. The van der Waals surface area contributed by atoms with Gasteiger partial charge in [0.2, 0.25) is 6.23 Å². The largest absolute Gasteiger partial charge is 0.394 e. The Morgan fingerprint density at radius 1 is 1.72 bits per heavy atom. The maximum Gasteiger partial charge on any atom is 0.351 e. The van der Waals surface area contributed by atoms with Gasteiger partial charge in [-0.2, -0.15) is 4.98 Å². The molecule has 2 heterocycles. The van der Waals surface area contributed by atoms with E-state index in [1.165, 1.54) is 12.3 Å². The van der Waals surface area contributed by atoms with Crippen molar-refractivity contribution in [2.24, 2.45) is 0 Å². The summed E-state index contributed by atoms with van der Waals surface area (Å²) in [4.78, 5) is 15.2. The molecular weight excluding hydrogens is 248 g/mol. The normalized spacial score (nSPS) is 26.2. The summed E-state index contributed by atoms with van der Waals surface area (Å²) in [5, 5.41) is 11.5. The molecule has 0 bridgehead atoms. The van der Waals surface area contributed by atoms with Crippen molar-refractivity contribution in [1.82, 2.24) is 9.55 Å². The SMILES string of the molecule is CNc1ccn(C2OC(CO)CC2(F)F)c(=O)n1. The van der Waals surface area contributed by atoms with Crippen LogP contribution in [0.2, 0.25) is 0 Å². The van der Waals surface area contributed by atoms with E-state index in [9.17, 15) is 13.6 Å². The molecule has 0 spiro atoms. The summed E-state index contributed by atoms with van der Waals surface area (Å²) < 4.78 is 33.0. The number of aliphatic hydroxyl groups excluding tert-OH is 1. The number of anilines is 1. The van der Waals surface area contributed by atoms with Gasteiger partial charge in [0, 0.05) is 19.7 Å². The van der Waals surface area contributed by atoms with Crippen molar-refractivity contribution >= 4 is 5.82 Å². The Hall–Kier alpha value is -1.54. The molecule has 0 aromatic carbocycles. The Bertz CT molecular complexity index is 492. The highest BCUT2D eigenvalue weighted by molar-refractivity contribution is 5.30. The quantitative estimate of drug-likeness (QED) is 0.813. The molecule has 0 amide bonds. The van der Waals surface area contributed by atoms with Crippen molar-refractivity contribution in [2.75, 3.05) is 19.0 Å². The molecule has 1 aliphatic rings. The molecule has 100 valence electrons. The van der Waals surface area contributed by atoms with Crippen molar-refractivity contribution in [2.45, 2.75) is 24.7 Å². The number of hydrogen-bond acceptors (Lipinski definition) is 5. The van der Waals surface area contributed by atoms with Crippen molar-refractivity contribution in [3.63, 3.8) is 0 Å². The standard InChI is InChI=1S/C10H13F2N3O3/c1-13-7-2-3-15(9(17)14-7)8-10(11,12)4-6(5-16)18-8/h2-3,6,8,16H,4-5H2,1H3,(H,13,14,17). The monoisotopic (exact) mass is 261 g/mol. The van der Waals surface area contributed by atoms with Crippen LogP contribution in [0.15, 0.2) is 17.1 Å². The average molecular weight is 261 g/mol. The van der Waals surface area contributed by atoms with Gasteiger partial charge in [-0.15, -0.1) is 0 Å².